The number of halogens is 1. The molecule has 0 bridgehead atoms. The summed E-state index contributed by atoms with van der Waals surface area (Å²) in [6, 6.07) is 4.92. The Morgan fingerprint density at radius 2 is 2.23 bits per heavy atom. The molecule has 0 aliphatic rings. The monoisotopic (exact) mass is 215 g/mol. The van der Waals surface area contributed by atoms with E-state index in [1.54, 1.807) is 25.1 Å². The topological polar surface area (TPSA) is 43.1 Å². The third-order valence-electron chi connectivity index (χ3n) is 1.68. The van der Waals surface area contributed by atoms with Crippen LogP contribution in [0.3, 0.4) is 0 Å². The third kappa shape index (κ3) is 2.39. The van der Waals surface area contributed by atoms with Crippen molar-refractivity contribution in [1.29, 1.82) is 0 Å². The number of anilines is 1. The van der Waals surface area contributed by atoms with E-state index < -0.39 is 5.38 Å². The molecule has 0 radical (unpaired) electrons. The van der Waals surface area contributed by atoms with Gasteiger partial charge in [-0.1, -0.05) is 0 Å². The third-order valence-corrected chi connectivity index (χ3v) is 2.26. The number of carbonyl (C=O) groups excluding carboxylic acids is 1. The van der Waals surface area contributed by atoms with Gasteiger partial charge in [0.25, 0.3) is 0 Å². The Hall–Kier alpha value is -0.670. The summed E-state index contributed by atoms with van der Waals surface area (Å²) in [6.07, 6.45) is 0. The number of rotatable bonds is 2. The Morgan fingerprint density at radius 1 is 1.62 bits per heavy atom. The van der Waals surface area contributed by atoms with E-state index in [0.717, 1.165) is 0 Å². The van der Waals surface area contributed by atoms with E-state index in [2.05, 4.69) is 12.6 Å². The highest BCUT2D eigenvalue weighted by Crippen LogP contribution is 2.19. The van der Waals surface area contributed by atoms with Crippen molar-refractivity contribution in [3.05, 3.63) is 23.8 Å². The van der Waals surface area contributed by atoms with Gasteiger partial charge in [0.15, 0.2) is 5.78 Å². The summed E-state index contributed by atoms with van der Waals surface area (Å²) in [6.45, 7) is 1.64. The Kier molecular flexibility index (Phi) is 3.22. The van der Waals surface area contributed by atoms with Gasteiger partial charge in [-0.15, -0.1) is 24.2 Å². The molecule has 0 amide bonds. The second-order valence-electron chi connectivity index (χ2n) is 2.75. The van der Waals surface area contributed by atoms with Gasteiger partial charge < -0.3 is 5.73 Å². The minimum Gasteiger partial charge on any atom is -0.398 e. The number of ketones is 1. The summed E-state index contributed by atoms with van der Waals surface area (Å²) in [5.74, 6) is -0.114. The predicted molar refractivity (Wildman–Crippen MR) is 57.8 cm³/mol. The number of benzene rings is 1. The van der Waals surface area contributed by atoms with Gasteiger partial charge in [-0.2, -0.15) is 0 Å². The fourth-order valence-corrected chi connectivity index (χ4v) is 1.27. The van der Waals surface area contributed by atoms with Gasteiger partial charge in [-0.3, -0.25) is 4.79 Å². The van der Waals surface area contributed by atoms with E-state index in [-0.39, 0.29) is 5.78 Å². The maximum Gasteiger partial charge on any atom is 0.180 e. The van der Waals surface area contributed by atoms with Gasteiger partial charge >= 0.3 is 0 Å². The maximum atomic E-state index is 11.4. The minimum absolute atomic E-state index is 0.114. The van der Waals surface area contributed by atoms with E-state index in [1.807, 2.05) is 0 Å². The molecule has 1 atom stereocenters. The molecule has 1 rings (SSSR count). The van der Waals surface area contributed by atoms with Crippen LogP contribution in [0.25, 0.3) is 0 Å². The lowest BCUT2D eigenvalue weighted by Gasteiger charge is -2.04. The zero-order chi connectivity index (χ0) is 10.0. The number of carbonyl (C=O) groups is 1. The molecule has 70 valence electrons. The van der Waals surface area contributed by atoms with Crippen LogP contribution in [0.1, 0.15) is 17.3 Å². The summed E-state index contributed by atoms with van der Waals surface area (Å²) < 4.78 is 0. The first-order valence-corrected chi connectivity index (χ1v) is 4.67. The van der Waals surface area contributed by atoms with Crippen LogP contribution >= 0.6 is 24.2 Å². The zero-order valence-electron chi connectivity index (χ0n) is 7.12. The maximum absolute atomic E-state index is 11.4. The Morgan fingerprint density at radius 3 is 2.69 bits per heavy atom. The van der Waals surface area contributed by atoms with Crippen molar-refractivity contribution in [2.24, 2.45) is 0 Å². The van der Waals surface area contributed by atoms with E-state index in [4.69, 9.17) is 17.3 Å². The van der Waals surface area contributed by atoms with Crippen LogP contribution < -0.4 is 5.73 Å². The number of nitrogen functional groups attached to an aromatic ring is 1. The van der Waals surface area contributed by atoms with Crippen LogP contribution in [0.2, 0.25) is 0 Å². The molecule has 1 unspecified atom stereocenters. The van der Waals surface area contributed by atoms with Crippen LogP contribution in [-0.2, 0) is 0 Å². The number of hydrogen-bond acceptors (Lipinski definition) is 3. The SMILES string of the molecule is CC(Cl)C(=O)c1ccc(N)c(S)c1. The van der Waals surface area contributed by atoms with Crippen LogP contribution in [0.5, 0.6) is 0 Å². The summed E-state index contributed by atoms with van der Waals surface area (Å²) in [7, 11) is 0. The number of nitrogens with two attached hydrogens (primary N) is 1. The zero-order valence-corrected chi connectivity index (χ0v) is 8.77. The Labute approximate surface area is 87.5 Å². The quantitative estimate of drug-likeness (QED) is 0.344. The van der Waals surface area contributed by atoms with Crippen molar-refractivity contribution in [3.8, 4) is 0 Å². The van der Waals surface area contributed by atoms with Crippen LogP contribution in [-0.4, -0.2) is 11.2 Å². The first-order chi connectivity index (χ1) is 6.02. The van der Waals surface area contributed by atoms with E-state index in [0.29, 0.717) is 16.1 Å². The Balaban J connectivity index is 3.04. The molecule has 1 aromatic rings. The lowest BCUT2D eigenvalue weighted by Crippen LogP contribution is -2.10. The molecule has 0 aliphatic heterocycles. The molecule has 0 fully saturated rings. The van der Waals surface area contributed by atoms with Crippen LogP contribution in [0.15, 0.2) is 23.1 Å². The summed E-state index contributed by atoms with van der Waals surface area (Å²) in [4.78, 5) is 12.0. The average Bonchev–Trinajstić information content (AvgIpc) is 2.08. The Bertz CT molecular complexity index is 338. The number of Topliss-reactive ketones (excluding diaryl/α,β-unsaturated/α-hetero) is 1. The smallest absolute Gasteiger partial charge is 0.180 e. The molecule has 2 N–H and O–H groups in total. The van der Waals surface area contributed by atoms with Gasteiger partial charge in [-0.05, 0) is 25.1 Å². The fourth-order valence-electron chi connectivity index (χ4n) is 0.927. The molecule has 4 heteroatoms. The van der Waals surface area contributed by atoms with Gasteiger partial charge in [0.1, 0.15) is 0 Å². The lowest BCUT2D eigenvalue weighted by atomic mass is 10.1. The van der Waals surface area contributed by atoms with Crippen LogP contribution in [0.4, 0.5) is 5.69 Å². The second kappa shape index (κ2) is 4.03. The van der Waals surface area contributed by atoms with E-state index in [1.165, 1.54) is 0 Å². The highest BCUT2D eigenvalue weighted by molar-refractivity contribution is 7.80. The highest BCUT2D eigenvalue weighted by atomic mass is 35.5. The van der Waals surface area contributed by atoms with E-state index in [9.17, 15) is 4.79 Å². The molecule has 13 heavy (non-hydrogen) atoms. The fraction of sp³-hybridized carbons (Fsp3) is 0.222. The molecular weight excluding hydrogens is 206 g/mol. The first kappa shape index (κ1) is 10.4. The first-order valence-electron chi connectivity index (χ1n) is 3.79. The average molecular weight is 216 g/mol. The normalized spacial score (nSPS) is 12.5. The van der Waals surface area contributed by atoms with Gasteiger partial charge in [0, 0.05) is 16.1 Å². The molecule has 2 nitrogen and oxygen atoms in total. The van der Waals surface area contributed by atoms with Crippen molar-refractivity contribution in [2.75, 3.05) is 5.73 Å². The molecule has 0 saturated heterocycles. The number of alkyl halides is 1. The van der Waals surface area contributed by atoms with Crippen molar-refractivity contribution in [1.82, 2.24) is 0 Å². The van der Waals surface area contributed by atoms with Crippen molar-refractivity contribution < 1.29 is 4.79 Å². The van der Waals surface area contributed by atoms with E-state index >= 15 is 0 Å². The summed E-state index contributed by atoms with van der Waals surface area (Å²) in [5.41, 5.74) is 6.65. The number of thiol groups is 1. The standard InChI is InChI=1S/C9H10ClNOS/c1-5(10)9(12)6-2-3-7(11)8(13)4-6/h2-5,13H,11H2,1H3. The molecule has 0 heterocycles. The molecule has 0 spiro atoms. The van der Waals surface area contributed by atoms with Crippen molar-refractivity contribution in [2.45, 2.75) is 17.2 Å². The van der Waals surface area contributed by atoms with Crippen molar-refractivity contribution >= 4 is 35.7 Å². The predicted octanol–water partition coefficient (Wildman–Crippen LogP) is 2.37. The van der Waals surface area contributed by atoms with Crippen molar-refractivity contribution in [3.63, 3.8) is 0 Å². The molecule has 0 aliphatic carbocycles. The second-order valence-corrected chi connectivity index (χ2v) is 3.89. The van der Waals surface area contributed by atoms with Gasteiger partial charge in [0.2, 0.25) is 0 Å². The molecule has 1 aromatic carbocycles. The van der Waals surface area contributed by atoms with Gasteiger partial charge in [-0.25, -0.2) is 0 Å². The lowest BCUT2D eigenvalue weighted by molar-refractivity contribution is 0.0991. The molecular formula is C9H10ClNOS. The molecule has 0 saturated carbocycles. The van der Waals surface area contributed by atoms with Gasteiger partial charge in [0.05, 0.1) is 5.38 Å². The molecule has 0 aromatic heterocycles. The highest BCUT2D eigenvalue weighted by Gasteiger charge is 2.12. The van der Waals surface area contributed by atoms with Crippen LogP contribution in [0, 0.1) is 0 Å². The largest absolute Gasteiger partial charge is 0.398 e. The summed E-state index contributed by atoms with van der Waals surface area (Å²) >= 11 is 9.76. The summed E-state index contributed by atoms with van der Waals surface area (Å²) in [5, 5.41) is -0.517. The number of hydrogen-bond donors (Lipinski definition) is 2. The minimum atomic E-state index is -0.517.